The largest absolute Gasteiger partial charge is 0.331 e. The number of aromatic nitrogens is 4. The second-order valence-electron chi connectivity index (χ2n) is 7.95. The molecular weight excluding hydrogens is 334 g/mol. The lowest BCUT2D eigenvalue weighted by atomic mass is 10.00. The quantitative estimate of drug-likeness (QED) is 0.592. The maximum atomic E-state index is 4.67. The van der Waals surface area contributed by atoms with Crippen molar-refractivity contribution in [3.63, 3.8) is 0 Å². The summed E-state index contributed by atoms with van der Waals surface area (Å²) in [5, 5.41) is 9.53. The van der Waals surface area contributed by atoms with Crippen molar-refractivity contribution in [3.05, 3.63) is 48.4 Å². The van der Waals surface area contributed by atoms with Crippen LogP contribution >= 0.6 is 0 Å². The minimum atomic E-state index is 0.795. The molecule has 0 saturated carbocycles. The molecule has 1 saturated heterocycles. The summed E-state index contributed by atoms with van der Waals surface area (Å²) in [6, 6.07) is 10.9. The van der Waals surface area contributed by atoms with Crippen molar-refractivity contribution >= 4 is 21.9 Å². The molecule has 3 aromatic heterocycles. The van der Waals surface area contributed by atoms with Gasteiger partial charge in [-0.2, -0.15) is 5.10 Å². The third kappa shape index (κ3) is 2.92. The van der Waals surface area contributed by atoms with Crippen molar-refractivity contribution in [1.29, 1.82) is 0 Å². The van der Waals surface area contributed by atoms with Gasteiger partial charge >= 0.3 is 0 Å². The molecule has 1 aliphatic rings. The molecule has 5 nitrogen and oxygen atoms in total. The highest BCUT2D eigenvalue weighted by atomic mass is 15.2. The Hall–Kier alpha value is -2.66. The SMILES string of the molecule is C[C@@H]1CCCN(Cc2cc3c(-c4ccc5[nH]ncc5c4)ccnc3n2C)C1. The topological polar surface area (TPSA) is 49.7 Å². The summed E-state index contributed by atoms with van der Waals surface area (Å²) in [6.45, 7) is 5.75. The van der Waals surface area contributed by atoms with Crippen molar-refractivity contribution in [2.75, 3.05) is 13.1 Å². The van der Waals surface area contributed by atoms with Crippen LogP contribution in [0.3, 0.4) is 0 Å². The fraction of sp³-hybridized carbons (Fsp3) is 0.364. The van der Waals surface area contributed by atoms with Crippen LogP contribution in [0.5, 0.6) is 0 Å². The fourth-order valence-corrected chi connectivity index (χ4v) is 4.44. The van der Waals surface area contributed by atoms with Crippen molar-refractivity contribution in [3.8, 4) is 11.1 Å². The van der Waals surface area contributed by atoms with Crippen LogP contribution < -0.4 is 0 Å². The maximum absolute atomic E-state index is 4.67. The zero-order chi connectivity index (χ0) is 18.4. The number of aromatic amines is 1. The molecule has 1 aromatic carbocycles. The van der Waals surface area contributed by atoms with Crippen LogP contribution in [0.1, 0.15) is 25.5 Å². The minimum absolute atomic E-state index is 0.795. The predicted molar refractivity (Wildman–Crippen MR) is 109 cm³/mol. The molecule has 0 unspecified atom stereocenters. The van der Waals surface area contributed by atoms with E-state index in [1.165, 1.54) is 48.1 Å². The predicted octanol–water partition coefficient (Wildman–Crippen LogP) is 4.35. The van der Waals surface area contributed by atoms with Gasteiger partial charge in [-0.3, -0.25) is 10.00 Å². The first kappa shape index (κ1) is 16.5. The summed E-state index contributed by atoms with van der Waals surface area (Å²) < 4.78 is 2.26. The second-order valence-corrected chi connectivity index (χ2v) is 7.95. The molecular formula is C22H25N5. The molecule has 0 aliphatic carbocycles. The van der Waals surface area contributed by atoms with Crippen LogP contribution in [0.2, 0.25) is 0 Å². The number of H-pyrrole nitrogens is 1. The Balaban J connectivity index is 1.56. The molecule has 4 aromatic rings. The summed E-state index contributed by atoms with van der Waals surface area (Å²) in [6.07, 6.45) is 6.46. The lowest BCUT2D eigenvalue weighted by Gasteiger charge is -2.30. The highest BCUT2D eigenvalue weighted by Crippen LogP contribution is 2.31. The highest BCUT2D eigenvalue weighted by Gasteiger charge is 2.19. The van der Waals surface area contributed by atoms with E-state index in [-0.39, 0.29) is 0 Å². The first-order chi connectivity index (χ1) is 13.2. The van der Waals surface area contributed by atoms with Crippen molar-refractivity contribution in [2.45, 2.75) is 26.3 Å². The van der Waals surface area contributed by atoms with Gasteiger partial charge in [0.1, 0.15) is 5.65 Å². The summed E-state index contributed by atoms with van der Waals surface area (Å²) >= 11 is 0. The Labute approximate surface area is 159 Å². The maximum Gasteiger partial charge on any atom is 0.140 e. The molecule has 1 aliphatic heterocycles. The van der Waals surface area contributed by atoms with E-state index in [9.17, 15) is 0 Å². The number of nitrogens with one attached hydrogen (secondary N) is 1. The van der Waals surface area contributed by atoms with E-state index in [1.54, 1.807) is 0 Å². The summed E-state index contributed by atoms with van der Waals surface area (Å²) in [5.41, 5.74) is 5.90. The van der Waals surface area contributed by atoms with E-state index in [2.05, 4.69) is 69.0 Å². The van der Waals surface area contributed by atoms with Gasteiger partial charge in [-0.05, 0) is 60.7 Å². The van der Waals surface area contributed by atoms with Crippen LogP contribution in [0.4, 0.5) is 0 Å². The Morgan fingerprint density at radius 3 is 3.04 bits per heavy atom. The molecule has 0 radical (unpaired) electrons. The van der Waals surface area contributed by atoms with Gasteiger partial charge in [0, 0.05) is 42.8 Å². The van der Waals surface area contributed by atoms with Gasteiger partial charge < -0.3 is 4.57 Å². The summed E-state index contributed by atoms with van der Waals surface area (Å²) in [7, 11) is 2.14. The van der Waals surface area contributed by atoms with E-state index >= 15 is 0 Å². The molecule has 1 N–H and O–H groups in total. The Bertz CT molecular complexity index is 1110. The van der Waals surface area contributed by atoms with Crippen molar-refractivity contribution in [1.82, 2.24) is 24.6 Å². The van der Waals surface area contributed by atoms with Gasteiger partial charge in [-0.15, -0.1) is 0 Å². The van der Waals surface area contributed by atoms with E-state index in [1.807, 2.05) is 12.4 Å². The lowest BCUT2D eigenvalue weighted by Crippen LogP contribution is -2.34. The average molecular weight is 359 g/mol. The highest BCUT2D eigenvalue weighted by molar-refractivity contribution is 5.96. The molecule has 0 bridgehead atoms. The smallest absolute Gasteiger partial charge is 0.140 e. The minimum Gasteiger partial charge on any atom is -0.331 e. The third-order valence-electron chi connectivity index (χ3n) is 5.91. The molecule has 0 amide bonds. The van der Waals surface area contributed by atoms with E-state index in [4.69, 9.17) is 0 Å². The number of benzene rings is 1. The van der Waals surface area contributed by atoms with Crippen LogP contribution in [-0.4, -0.2) is 37.7 Å². The van der Waals surface area contributed by atoms with Crippen LogP contribution in [0.25, 0.3) is 33.1 Å². The van der Waals surface area contributed by atoms with Gasteiger partial charge in [0.2, 0.25) is 0 Å². The summed E-state index contributed by atoms with van der Waals surface area (Å²) in [5.74, 6) is 0.795. The van der Waals surface area contributed by atoms with Gasteiger partial charge in [-0.1, -0.05) is 13.0 Å². The monoisotopic (exact) mass is 359 g/mol. The summed E-state index contributed by atoms with van der Waals surface area (Å²) in [4.78, 5) is 7.26. The van der Waals surface area contributed by atoms with Gasteiger partial charge in [0.05, 0.1) is 11.7 Å². The van der Waals surface area contributed by atoms with Crippen LogP contribution in [-0.2, 0) is 13.6 Å². The Morgan fingerprint density at radius 2 is 2.15 bits per heavy atom. The lowest BCUT2D eigenvalue weighted by molar-refractivity contribution is 0.173. The third-order valence-corrected chi connectivity index (χ3v) is 5.91. The zero-order valence-electron chi connectivity index (χ0n) is 15.9. The normalized spacial score (nSPS) is 18.5. The number of rotatable bonds is 3. The molecule has 5 heteroatoms. The van der Waals surface area contributed by atoms with Gasteiger partial charge in [0.15, 0.2) is 0 Å². The first-order valence-corrected chi connectivity index (χ1v) is 9.78. The van der Waals surface area contributed by atoms with Gasteiger partial charge in [-0.25, -0.2) is 4.98 Å². The molecule has 0 spiro atoms. The van der Waals surface area contributed by atoms with Crippen LogP contribution in [0, 0.1) is 5.92 Å². The standard InChI is InChI=1S/C22H25N5/c1-15-4-3-9-27(13-15)14-18-11-20-19(7-8-23-22(20)26(18)2)16-5-6-21-17(10-16)12-24-25-21/h5-8,10-12,15H,3-4,9,13-14H2,1-2H3,(H,24,25)/t15-/m1/s1. The van der Waals surface area contributed by atoms with Gasteiger partial charge in [0.25, 0.3) is 0 Å². The van der Waals surface area contributed by atoms with Crippen molar-refractivity contribution in [2.24, 2.45) is 13.0 Å². The fourth-order valence-electron chi connectivity index (χ4n) is 4.44. The number of pyridine rings is 1. The average Bonchev–Trinajstić information content (AvgIpc) is 3.26. The molecule has 4 heterocycles. The number of fused-ring (bicyclic) bond motifs is 2. The number of piperidine rings is 1. The van der Waals surface area contributed by atoms with E-state index in [0.29, 0.717) is 0 Å². The Kier molecular flexibility index (Phi) is 3.97. The number of hydrogen-bond donors (Lipinski definition) is 1. The number of hydrogen-bond acceptors (Lipinski definition) is 3. The zero-order valence-corrected chi connectivity index (χ0v) is 15.9. The molecule has 5 rings (SSSR count). The first-order valence-electron chi connectivity index (χ1n) is 9.78. The molecule has 1 atom stereocenters. The Morgan fingerprint density at radius 1 is 1.22 bits per heavy atom. The van der Waals surface area contributed by atoms with E-state index in [0.717, 1.165) is 29.0 Å². The van der Waals surface area contributed by atoms with Crippen LogP contribution in [0.15, 0.2) is 42.7 Å². The molecule has 27 heavy (non-hydrogen) atoms. The number of aryl methyl sites for hydroxylation is 1. The number of likely N-dealkylation sites (tertiary alicyclic amines) is 1. The number of nitrogens with zero attached hydrogens (tertiary/aromatic N) is 4. The molecule has 138 valence electrons. The molecule has 1 fully saturated rings. The van der Waals surface area contributed by atoms with E-state index < -0.39 is 0 Å². The second kappa shape index (κ2) is 6.50. The van der Waals surface area contributed by atoms with Crippen molar-refractivity contribution < 1.29 is 0 Å².